The van der Waals surface area contributed by atoms with Gasteiger partial charge in [0.1, 0.15) is 5.82 Å². The standard InChI is InChI=1S/C10H10N4/c1-2-6-14(5-1)9-4-3-8-10(13-9)12-7-11-8/h1,3-5,7H,2,6H2,(H,11,12,13). The number of fused-ring (bicyclic) bond motifs is 1. The number of hydrogen-bond donors (Lipinski definition) is 1. The summed E-state index contributed by atoms with van der Waals surface area (Å²) in [6.45, 7) is 1.02. The van der Waals surface area contributed by atoms with Gasteiger partial charge in [-0.2, -0.15) is 0 Å². The first-order valence-corrected chi connectivity index (χ1v) is 4.67. The van der Waals surface area contributed by atoms with Gasteiger partial charge in [-0.1, -0.05) is 6.08 Å². The van der Waals surface area contributed by atoms with Gasteiger partial charge < -0.3 is 9.88 Å². The Kier molecular flexibility index (Phi) is 1.53. The van der Waals surface area contributed by atoms with Crippen molar-refractivity contribution < 1.29 is 0 Å². The first-order valence-electron chi connectivity index (χ1n) is 4.67. The Morgan fingerprint density at radius 3 is 3.21 bits per heavy atom. The lowest BCUT2D eigenvalue weighted by molar-refractivity contribution is 0.977. The SMILES string of the molecule is C1=CN(c2ccc3[nH]cnc3n2)CC1. The predicted octanol–water partition coefficient (Wildman–Crippen LogP) is 1.68. The fourth-order valence-corrected chi connectivity index (χ4v) is 1.65. The average molecular weight is 186 g/mol. The molecule has 4 nitrogen and oxygen atoms in total. The third-order valence-corrected chi connectivity index (χ3v) is 2.38. The van der Waals surface area contributed by atoms with Gasteiger partial charge in [0, 0.05) is 12.7 Å². The van der Waals surface area contributed by atoms with Gasteiger partial charge in [-0.05, 0) is 18.6 Å². The fourth-order valence-electron chi connectivity index (χ4n) is 1.65. The number of aromatic nitrogens is 3. The fraction of sp³-hybridized carbons (Fsp3) is 0.200. The molecule has 1 aliphatic heterocycles. The molecule has 0 amide bonds. The van der Waals surface area contributed by atoms with Gasteiger partial charge in [-0.3, -0.25) is 0 Å². The van der Waals surface area contributed by atoms with E-state index < -0.39 is 0 Å². The van der Waals surface area contributed by atoms with Crippen LogP contribution in [0.5, 0.6) is 0 Å². The van der Waals surface area contributed by atoms with E-state index in [0.717, 1.165) is 29.9 Å². The molecule has 0 radical (unpaired) electrons. The van der Waals surface area contributed by atoms with Crippen LogP contribution in [-0.2, 0) is 0 Å². The van der Waals surface area contributed by atoms with Crippen molar-refractivity contribution in [1.29, 1.82) is 0 Å². The molecule has 4 heteroatoms. The number of H-pyrrole nitrogens is 1. The third kappa shape index (κ3) is 1.08. The highest BCUT2D eigenvalue weighted by Gasteiger charge is 2.09. The second-order valence-electron chi connectivity index (χ2n) is 3.31. The molecule has 3 heterocycles. The van der Waals surface area contributed by atoms with Crippen LogP contribution in [0, 0.1) is 0 Å². The number of hydrogen-bond acceptors (Lipinski definition) is 3. The minimum absolute atomic E-state index is 0.780. The molecule has 0 spiro atoms. The molecule has 0 saturated carbocycles. The zero-order valence-electron chi connectivity index (χ0n) is 7.64. The second-order valence-corrected chi connectivity index (χ2v) is 3.31. The topological polar surface area (TPSA) is 44.8 Å². The van der Waals surface area contributed by atoms with E-state index in [4.69, 9.17) is 0 Å². The van der Waals surface area contributed by atoms with E-state index in [1.807, 2.05) is 12.1 Å². The summed E-state index contributed by atoms with van der Waals surface area (Å²) in [5.41, 5.74) is 1.76. The number of imidazole rings is 1. The van der Waals surface area contributed by atoms with Crippen LogP contribution < -0.4 is 4.90 Å². The molecular weight excluding hydrogens is 176 g/mol. The Morgan fingerprint density at radius 1 is 1.36 bits per heavy atom. The van der Waals surface area contributed by atoms with E-state index >= 15 is 0 Å². The number of pyridine rings is 1. The van der Waals surface area contributed by atoms with Crippen LogP contribution in [0.15, 0.2) is 30.7 Å². The van der Waals surface area contributed by atoms with E-state index in [2.05, 4.69) is 32.1 Å². The van der Waals surface area contributed by atoms with E-state index in [9.17, 15) is 0 Å². The summed E-state index contributed by atoms with van der Waals surface area (Å²) >= 11 is 0. The summed E-state index contributed by atoms with van der Waals surface area (Å²) in [4.78, 5) is 13.7. The molecule has 0 unspecified atom stereocenters. The van der Waals surface area contributed by atoms with E-state index in [0.29, 0.717) is 0 Å². The highest BCUT2D eigenvalue weighted by atomic mass is 15.2. The lowest BCUT2D eigenvalue weighted by Gasteiger charge is -2.13. The molecule has 14 heavy (non-hydrogen) atoms. The molecule has 0 fully saturated rings. The molecule has 2 aromatic rings. The molecule has 0 bridgehead atoms. The number of nitrogens with zero attached hydrogens (tertiary/aromatic N) is 3. The summed E-state index contributed by atoms with van der Waals surface area (Å²) in [5, 5.41) is 0. The number of nitrogens with one attached hydrogen (secondary N) is 1. The average Bonchev–Trinajstić information content (AvgIpc) is 2.88. The first kappa shape index (κ1) is 7.55. The maximum absolute atomic E-state index is 4.45. The van der Waals surface area contributed by atoms with Crippen molar-refractivity contribution in [2.75, 3.05) is 11.4 Å². The number of anilines is 1. The molecule has 2 aromatic heterocycles. The summed E-state index contributed by atoms with van der Waals surface area (Å²) in [7, 11) is 0. The maximum Gasteiger partial charge on any atom is 0.179 e. The van der Waals surface area contributed by atoms with Crippen molar-refractivity contribution in [2.45, 2.75) is 6.42 Å². The summed E-state index contributed by atoms with van der Waals surface area (Å²) in [6, 6.07) is 4.02. The van der Waals surface area contributed by atoms with E-state index in [1.54, 1.807) is 6.33 Å². The van der Waals surface area contributed by atoms with Crippen LogP contribution in [0.3, 0.4) is 0 Å². The minimum Gasteiger partial charge on any atom is -0.343 e. The lowest BCUT2D eigenvalue weighted by atomic mass is 10.4. The second kappa shape index (κ2) is 2.83. The molecule has 3 rings (SSSR count). The summed E-state index contributed by atoms with van der Waals surface area (Å²) in [6.07, 6.45) is 6.98. The number of rotatable bonds is 1. The highest BCUT2D eigenvalue weighted by molar-refractivity contribution is 5.72. The Bertz CT molecular complexity index is 486. The van der Waals surface area contributed by atoms with E-state index in [1.165, 1.54) is 0 Å². The van der Waals surface area contributed by atoms with Gasteiger partial charge >= 0.3 is 0 Å². The zero-order valence-corrected chi connectivity index (χ0v) is 7.64. The molecule has 0 saturated heterocycles. The molecule has 70 valence electrons. The smallest absolute Gasteiger partial charge is 0.179 e. The minimum atomic E-state index is 0.780. The normalized spacial score (nSPS) is 15.6. The van der Waals surface area contributed by atoms with Crippen LogP contribution in [0.4, 0.5) is 5.82 Å². The monoisotopic (exact) mass is 186 g/mol. The molecule has 0 aliphatic carbocycles. The van der Waals surface area contributed by atoms with Crippen molar-refractivity contribution >= 4 is 17.0 Å². The quantitative estimate of drug-likeness (QED) is 0.737. The maximum atomic E-state index is 4.45. The highest BCUT2D eigenvalue weighted by Crippen LogP contribution is 2.18. The Labute approximate surface area is 81.3 Å². The predicted molar refractivity (Wildman–Crippen MR) is 55.0 cm³/mol. The van der Waals surface area contributed by atoms with Crippen LogP contribution in [0.2, 0.25) is 0 Å². The van der Waals surface area contributed by atoms with Gasteiger partial charge in [0.05, 0.1) is 11.8 Å². The van der Waals surface area contributed by atoms with Gasteiger partial charge in [-0.25, -0.2) is 9.97 Å². The van der Waals surface area contributed by atoms with Crippen molar-refractivity contribution in [2.24, 2.45) is 0 Å². The first-order chi connectivity index (χ1) is 6.93. The van der Waals surface area contributed by atoms with Crippen LogP contribution >= 0.6 is 0 Å². The molecule has 1 aliphatic rings. The zero-order chi connectivity index (χ0) is 9.38. The van der Waals surface area contributed by atoms with E-state index in [-0.39, 0.29) is 0 Å². The van der Waals surface area contributed by atoms with Gasteiger partial charge in [0.25, 0.3) is 0 Å². The third-order valence-electron chi connectivity index (χ3n) is 2.38. The molecule has 0 atom stereocenters. The van der Waals surface area contributed by atoms with Crippen molar-refractivity contribution in [3.63, 3.8) is 0 Å². The Morgan fingerprint density at radius 2 is 2.36 bits per heavy atom. The summed E-state index contributed by atoms with van der Waals surface area (Å²) in [5.74, 6) is 0.971. The summed E-state index contributed by atoms with van der Waals surface area (Å²) < 4.78 is 0. The molecule has 1 N–H and O–H groups in total. The van der Waals surface area contributed by atoms with Gasteiger partial charge in [0.15, 0.2) is 5.65 Å². The largest absolute Gasteiger partial charge is 0.343 e. The van der Waals surface area contributed by atoms with Gasteiger partial charge in [0.2, 0.25) is 0 Å². The van der Waals surface area contributed by atoms with Crippen molar-refractivity contribution in [3.8, 4) is 0 Å². The Hall–Kier alpha value is -1.84. The van der Waals surface area contributed by atoms with Crippen molar-refractivity contribution in [3.05, 3.63) is 30.7 Å². The van der Waals surface area contributed by atoms with Crippen LogP contribution in [0.25, 0.3) is 11.2 Å². The number of aromatic amines is 1. The van der Waals surface area contributed by atoms with Crippen molar-refractivity contribution in [1.82, 2.24) is 15.0 Å². The molecule has 0 aromatic carbocycles. The molecular formula is C10H10N4. The van der Waals surface area contributed by atoms with Gasteiger partial charge in [-0.15, -0.1) is 0 Å². The van der Waals surface area contributed by atoms with Crippen LogP contribution in [0.1, 0.15) is 6.42 Å². The Balaban J connectivity index is 2.08. The van der Waals surface area contributed by atoms with Crippen LogP contribution in [-0.4, -0.2) is 21.5 Å². The lowest BCUT2D eigenvalue weighted by Crippen LogP contribution is -2.13.